The molecule has 4 N–H and O–H groups in total. The molecule has 1 amide bonds. The molecule has 0 aromatic carbocycles. The maximum absolute atomic E-state index is 11.7. The van der Waals surface area contributed by atoms with E-state index in [-0.39, 0.29) is 11.9 Å². The van der Waals surface area contributed by atoms with E-state index >= 15 is 0 Å². The number of aromatic nitrogens is 4. The Bertz CT molecular complexity index is 489. The van der Waals surface area contributed by atoms with Crippen LogP contribution in [0.15, 0.2) is 24.8 Å². The number of imidazole rings is 1. The molecule has 0 bridgehead atoms. The zero-order chi connectivity index (χ0) is 12.3. The Labute approximate surface area is 98.0 Å². The molecule has 1 unspecified atom stereocenters. The van der Waals surface area contributed by atoms with Crippen LogP contribution in [0.2, 0.25) is 0 Å². The van der Waals surface area contributed by atoms with Gasteiger partial charge < -0.3 is 15.6 Å². The molecule has 0 aliphatic heterocycles. The van der Waals surface area contributed by atoms with Gasteiger partial charge in [0, 0.05) is 31.0 Å². The fraction of sp³-hybridized carbons (Fsp3) is 0.300. The van der Waals surface area contributed by atoms with Crippen LogP contribution in [0.25, 0.3) is 0 Å². The van der Waals surface area contributed by atoms with Crippen molar-refractivity contribution in [2.75, 3.05) is 5.73 Å². The molecule has 0 spiro atoms. The topological polar surface area (TPSA) is 102 Å². The third-order valence-electron chi connectivity index (χ3n) is 2.26. The smallest absolute Gasteiger partial charge is 0.269 e. The van der Waals surface area contributed by atoms with Crippen molar-refractivity contribution in [2.45, 2.75) is 19.5 Å². The van der Waals surface area contributed by atoms with Gasteiger partial charge in [-0.25, -0.2) is 4.98 Å². The first-order chi connectivity index (χ1) is 8.15. The van der Waals surface area contributed by atoms with Crippen LogP contribution in [0.5, 0.6) is 0 Å². The molecule has 0 fully saturated rings. The fourth-order valence-corrected chi connectivity index (χ4v) is 1.51. The number of H-pyrrole nitrogens is 1. The molecule has 0 aliphatic rings. The van der Waals surface area contributed by atoms with Gasteiger partial charge in [0.15, 0.2) is 0 Å². The van der Waals surface area contributed by atoms with E-state index in [0.29, 0.717) is 18.1 Å². The van der Waals surface area contributed by atoms with Gasteiger partial charge in [-0.05, 0) is 6.92 Å². The molecule has 7 nitrogen and oxygen atoms in total. The summed E-state index contributed by atoms with van der Waals surface area (Å²) in [7, 11) is 0. The number of hydrogen-bond acceptors (Lipinski definition) is 4. The van der Waals surface area contributed by atoms with Crippen LogP contribution in [0.3, 0.4) is 0 Å². The van der Waals surface area contributed by atoms with Crippen LogP contribution in [-0.4, -0.2) is 31.7 Å². The van der Waals surface area contributed by atoms with Gasteiger partial charge in [-0.2, -0.15) is 5.10 Å². The summed E-state index contributed by atoms with van der Waals surface area (Å²) >= 11 is 0. The average Bonchev–Trinajstić information content (AvgIpc) is 2.89. The SMILES string of the molecule is CC(Cn1ccnc1)NC(=O)c1cc(N)n[nH]1. The highest BCUT2D eigenvalue weighted by atomic mass is 16.2. The Kier molecular flexibility index (Phi) is 3.08. The van der Waals surface area contributed by atoms with E-state index in [1.807, 2.05) is 17.7 Å². The van der Waals surface area contributed by atoms with Crippen LogP contribution < -0.4 is 11.1 Å². The standard InChI is InChI=1S/C10H14N6O/c1-7(5-16-3-2-12-6-16)13-10(17)8-4-9(11)15-14-8/h2-4,6-7H,5H2,1H3,(H,13,17)(H3,11,14,15). The van der Waals surface area contributed by atoms with E-state index in [1.54, 1.807) is 12.5 Å². The highest BCUT2D eigenvalue weighted by Crippen LogP contribution is 2.01. The predicted molar refractivity (Wildman–Crippen MR) is 62.2 cm³/mol. The predicted octanol–water partition coefficient (Wildman–Crippen LogP) is 0.00690. The number of anilines is 1. The number of carbonyl (C=O) groups is 1. The summed E-state index contributed by atoms with van der Waals surface area (Å²) in [6, 6.07) is 1.49. The monoisotopic (exact) mass is 234 g/mol. The van der Waals surface area contributed by atoms with E-state index in [2.05, 4.69) is 20.5 Å². The third-order valence-corrected chi connectivity index (χ3v) is 2.26. The van der Waals surface area contributed by atoms with E-state index in [1.165, 1.54) is 6.07 Å². The molecule has 90 valence electrons. The maximum atomic E-state index is 11.7. The lowest BCUT2D eigenvalue weighted by Crippen LogP contribution is -2.35. The van der Waals surface area contributed by atoms with Gasteiger partial charge >= 0.3 is 0 Å². The number of aromatic amines is 1. The molecule has 1 atom stereocenters. The minimum Gasteiger partial charge on any atom is -0.382 e. The molecule has 7 heteroatoms. The number of nitrogens with zero attached hydrogens (tertiary/aromatic N) is 3. The minimum atomic E-state index is -0.221. The van der Waals surface area contributed by atoms with Crippen LogP contribution >= 0.6 is 0 Å². The van der Waals surface area contributed by atoms with Gasteiger partial charge in [0.1, 0.15) is 11.5 Å². The number of nitrogens with one attached hydrogen (secondary N) is 2. The number of rotatable bonds is 4. The molecule has 0 saturated carbocycles. The molecular formula is C10H14N6O. The van der Waals surface area contributed by atoms with Crippen molar-refractivity contribution >= 4 is 11.7 Å². The van der Waals surface area contributed by atoms with Gasteiger partial charge in [0.2, 0.25) is 0 Å². The number of hydrogen-bond donors (Lipinski definition) is 3. The first-order valence-corrected chi connectivity index (χ1v) is 5.22. The van der Waals surface area contributed by atoms with Crippen LogP contribution in [0.1, 0.15) is 17.4 Å². The molecule has 2 rings (SSSR count). The first-order valence-electron chi connectivity index (χ1n) is 5.22. The third kappa shape index (κ3) is 2.83. The summed E-state index contributed by atoms with van der Waals surface area (Å²) in [5.74, 6) is 0.0826. The molecular weight excluding hydrogens is 220 g/mol. The summed E-state index contributed by atoms with van der Waals surface area (Å²) in [4.78, 5) is 15.7. The molecule has 2 heterocycles. The first kappa shape index (κ1) is 11.2. The van der Waals surface area contributed by atoms with Crippen LogP contribution in [0, 0.1) is 0 Å². The largest absolute Gasteiger partial charge is 0.382 e. The zero-order valence-corrected chi connectivity index (χ0v) is 9.42. The molecule has 2 aromatic heterocycles. The van der Waals surface area contributed by atoms with E-state index < -0.39 is 0 Å². The van der Waals surface area contributed by atoms with Crippen molar-refractivity contribution in [1.29, 1.82) is 0 Å². The van der Waals surface area contributed by atoms with Crippen LogP contribution in [0.4, 0.5) is 5.82 Å². The number of nitrogen functional groups attached to an aromatic ring is 1. The Morgan fingerprint density at radius 1 is 1.71 bits per heavy atom. The fourth-order valence-electron chi connectivity index (χ4n) is 1.51. The van der Waals surface area contributed by atoms with E-state index in [4.69, 9.17) is 5.73 Å². The maximum Gasteiger partial charge on any atom is 0.269 e. The van der Waals surface area contributed by atoms with Gasteiger partial charge in [0.05, 0.1) is 6.33 Å². The van der Waals surface area contributed by atoms with Crippen molar-refractivity contribution in [3.8, 4) is 0 Å². The second-order valence-electron chi connectivity index (χ2n) is 3.84. The van der Waals surface area contributed by atoms with Crippen molar-refractivity contribution in [3.63, 3.8) is 0 Å². The highest BCUT2D eigenvalue weighted by Gasteiger charge is 2.12. The van der Waals surface area contributed by atoms with Gasteiger partial charge in [0.25, 0.3) is 5.91 Å². The quantitative estimate of drug-likeness (QED) is 0.693. The molecule has 2 aromatic rings. The van der Waals surface area contributed by atoms with Crippen molar-refractivity contribution < 1.29 is 4.79 Å². The summed E-state index contributed by atoms with van der Waals surface area (Å²) < 4.78 is 1.90. The Hall–Kier alpha value is -2.31. The molecule has 0 radical (unpaired) electrons. The number of amides is 1. The van der Waals surface area contributed by atoms with Crippen LogP contribution in [-0.2, 0) is 6.54 Å². The van der Waals surface area contributed by atoms with Crippen molar-refractivity contribution in [1.82, 2.24) is 25.1 Å². The number of carbonyl (C=O) groups excluding carboxylic acids is 1. The molecule has 0 saturated heterocycles. The minimum absolute atomic E-state index is 0.0128. The molecule has 0 aliphatic carbocycles. The second kappa shape index (κ2) is 4.69. The average molecular weight is 234 g/mol. The molecule has 17 heavy (non-hydrogen) atoms. The summed E-state index contributed by atoms with van der Waals surface area (Å²) in [6.07, 6.45) is 5.25. The van der Waals surface area contributed by atoms with Gasteiger partial charge in [-0.15, -0.1) is 0 Å². The highest BCUT2D eigenvalue weighted by molar-refractivity contribution is 5.93. The Morgan fingerprint density at radius 3 is 3.12 bits per heavy atom. The lowest BCUT2D eigenvalue weighted by molar-refractivity contribution is 0.0931. The zero-order valence-electron chi connectivity index (χ0n) is 9.42. The summed E-state index contributed by atoms with van der Waals surface area (Å²) in [5.41, 5.74) is 5.78. The lowest BCUT2D eigenvalue weighted by atomic mass is 10.3. The number of nitrogens with two attached hydrogens (primary N) is 1. The summed E-state index contributed by atoms with van der Waals surface area (Å²) in [6.45, 7) is 2.58. The normalized spacial score (nSPS) is 12.3. The Balaban J connectivity index is 1.90. The van der Waals surface area contributed by atoms with E-state index in [0.717, 1.165) is 0 Å². The second-order valence-corrected chi connectivity index (χ2v) is 3.84. The van der Waals surface area contributed by atoms with E-state index in [9.17, 15) is 4.79 Å². The lowest BCUT2D eigenvalue weighted by Gasteiger charge is -2.13. The van der Waals surface area contributed by atoms with Gasteiger partial charge in [-0.3, -0.25) is 9.89 Å². The van der Waals surface area contributed by atoms with Crippen molar-refractivity contribution in [3.05, 3.63) is 30.5 Å². The Morgan fingerprint density at radius 2 is 2.53 bits per heavy atom. The van der Waals surface area contributed by atoms with Gasteiger partial charge in [-0.1, -0.05) is 0 Å². The summed E-state index contributed by atoms with van der Waals surface area (Å²) in [5, 5.41) is 9.09. The van der Waals surface area contributed by atoms with Crippen molar-refractivity contribution in [2.24, 2.45) is 0 Å².